The molecule has 0 atom stereocenters. The van der Waals surface area contributed by atoms with Crippen molar-refractivity contribution in [1.29, 1.82) is 0 Å². The van der Waals surface area contributed by atoms with Crippen molar-refractivity contribution < 1.29 is 9.47 Å². The molecular weight excluding hydrogens is 264 g/mol. The fraction of sp³-hybridized carbons (Fsp3) is 0.353. The maximum absolute atomic E-state index is 5.77. The van der Waals surface area contributed by atoms with Crippen LogP contribution in [0.1, 0.15) is 23.7 Å². The average Bonchev–Trinajstić information content (AvgIpc) is 2.53. The summed E-state index contributed by atoms with van der Waals surface area (Å²) in [5.41, 5.74) is 3.21. The van der Waals surface area contributed by atoms with E-state index in [1.54, 1.807) is 7.11 Å². The Hall–Kier alpha value is -1.91. The first-order valence-electron chi connectivity index (χ1n) is 7.17. The molecule has 1 aromatic carbocycles. The van der Waals surface area contributed by atoms with E-state index in [0.717, 1.165) is 30.1 Å². The SMILES string of the molecule is CCNCc1ccc(COc2cccc(COC)c2)nc1. The summed E-state index contributed by atoms with van der Waals surface area (Å²) in [5.74, 6) is 0.836. The Morgan fingerprint density at radius 1 is 1.10 bits per heavy atom. The summed E-state index contributed by atoms with van der Waals surface area (Å²) < 4.78 is 10.9. The molecule has 21 heavy (non-hydrogen) atoms. The molecule has 0 aliphatic heterocycles. The molecule has 0 aliphatic rings. The van der Waals surface area contributed by atoms with E-state index in [4.69, 9.17) is 9.47 Å². The molecule has 0 bridgehead atoms. The van der Waals surface area contributed by atoms with Crippen molar-refractivity contribution in [2.75, 3.05) is 13.7 Å². The van der Waals surface area contributed by atoms with Crippen molar-refractivity contribution in [3.05, 3.63) is 59.4 Å². The van der Waals surface area contributed by atoms with Crippen LogP contribution < -0.4 is 10.1 Å². The highest BCUT2D eigenvalue weighted by Gasteiger charge is 2.00. The molecule has 2 aromatic rings. The van der Waals surface area contributed by atoms with Crippen LogP contribution in [0.15, 0.2) is 42.6 Å². The molecular formula is C17H22N2O2. The molecule has 0 saturated heterocycles. The number of nitrogens with one attached hydrogen (secondary N) is 1. The molecule has 0 spiro atoms. The highest BCUT2D eigenvalue weighted by molar-refractivity contribution is 5.28. The van der Waals surface area contributed by atoms with Crippen molar-refractivity contribution in [2.24, 2.45) is 0 Å². The maximum Gasteiger partial charge on any atom is 0.130 e. The van der Waals surface area contributed by atoms with Crippen molar-refractivity contribution in [2.45, 2.75) is 26.7 Å². The molecule has 1 heterocycles. The quantitative estimate of drug-likeness (QED) is 0.810. The van der Waals surface area contributed by atoms with E-state index in [1.807, 2.05) is 36.5 Å². The standard InChI is InChI=1S/C17H22N2O2/c1-3-18-10-15-7-8-16(19-11-15)13-21-17-6-4-5-14(9-17)12-20-2/h4-9,11,18H,3,10,12-13H2,1-2H3. The molecule has 0 unspecified atom stereocenters. The number of nitrogens with zero attached hydrogens (tertiary/aromatic N) is 1. The van der Waals surface area contributed by atoms with Crippen LogP contribution in [0, 0.1) is 0 Å². The number of rotatable bonds is 8. The van der Waals surface area contributed by atoms with Crippen LogP contribution in [0.5, 0.6) is 5.75 Å². The van der Waals surface area contributed by atoms with Gasteiger partial charge in [-0.25, -0.2) is 0 Å². The molecule has 4 heteroatoms. The van der Waals surface area contributed by atoms with Crippen LogP contribution in [-0.4, -0.2) is 18.6 Å². The lowest BCUT2D eigenvalue weighted by Gasteiger charge is -2.08. The van der Waals surface area contributed by atoms with E-state index in [2.05, 4.69) is 23.3 Å². The summed E-state index contributed by atoms with van der Waals surface area (Å²) >= 11 is 0. The normalized spacial score (nSPS) is 10.6. The third-order valence-corrected chi connectivity index (χ3v) is 3.06. The fourth-order valence-electron chi connectivity index (χ4n) is 1.96. The van der Waals surface area contributed by atoms with Gasteiger partial charge in [-0.15, -0.1) is 0 Å². The van der Waals surface area contributed by atoms with Crippen LogP contribution in [0.2, 0.25) is 0 Å². The minimum absolute atomic E-state index is 0.470. The predicted octanol–water partition coefficient (Wildman–Crippen LogP) is 2.92. The number of hydrogen-bond donors (Lipinski definition) is 1. The molecule has 0 saturated carbocycles. The van der Waals surface area contributed by atoms with Gasteiger partial charge < -0.3 is 14.8 Å². The van der Waals surface area contributed by atoms with E-state index in [9.17, 15) is 0 Å². The lowest BCUT2D eigenvalue weighted by molar-refractivity contribution is 0.184. The van der Waals surface area contributed by atoms with Gasteiger partial charge in [-0.05, 0) is 35.9 Å². The van der Waals surface area contributed by atoms with Gasteiger partial charge in [0, 0.05) is 19.9 Å². The van der Waals surface area contributed by atoms with E-state index >= 15 is 0 Å². The smallest absolute Gasteiger partial charge is 0.130 e. The first-order valence-corrected chi connectivity index (χ1v) is 7.17. The number of ether oxygens (including phenoxy) is 2. The summed E-state index contributed by atoms with van der Waals surface area (Å²) in [6.45, 7) is 4.96. The van der Waals surface area contributed by atoms with E-state index in [-0.39, 0.29) is 0 Å². The molecule has 2 rings (SSSR count). The third kappa shape index (κ3) is 5.17. The van der Waals surface area contributed by atoms with E-state index < -0.39 is 0 Å². The molecule has 112 valence electrons. The number of methoxy groups -OCH3 is 1. The Kier molecular flexibility index (Phi) is 6.19. The Morgan fingerprint density at radius 3 is 2.71 bits per heavy atom. The zero-order valence-electron chi connectivity index (χ0n) is 12.6. The molecule has 1 aromatic heterocycles. The molecule has 0 amide bonds. The van der Waals surface area contributed by atoms with Crippen molar-refractivity contribution in [1.82, 2.24) is 10.3 Å². The highest BCUT2D eigenvalue weighted by atomic mass is 16.5. The maximum atomic E-state index is 5.77. The lowest BCUT2D eigenvalue weighted by atomic mass is 10.2. The number of hydrogen-bond acceptors (Lipinski definition) is 4. The van der Waals surface area contributed by atoms with Gasteiger partial charge in [0.2, 0.25) is 0 Å². The van der Waals surface area contributed by atoms with Gasteiger partial charge in [0.25, 0.3) is 0 Å². The van der Waals surface area contributed by atoms with Gasteiger partial charge >= 0.3 is 0 Å². The number of pyridine rings is 1. The van der Waals surface area contributed by atoms with Crippen LogP contribution in [-0.2, 0) is 24.5 Å². The number of aromatic nitrogens is 1. The largest absolute Gasteiger partial charge is 0.487 e. The zero-order chi connectivity index (χ0) is 14.9. The average molecular weight is 286 g/mol. The summed E-state index contributed by atoms with van der Waals surface area (Å²) in [6.07, 6.45) is 1.89. The molecule has 0 radical (unpaired) electrons. The van der Waals surface area contributed by atoms with E-state index in [0.29, 0.717) is 13.2 Å². The monoisotopic (exact) mass is 286 g/mol. The molecule has 0 aliphatic carbocycles. The summed E-state index contributed by atoms with van der Waals surface area (Å²) in [5, 5.41) is 3.28. The van der Waals surface area contributed by atoms with Crippen LogP contribution in [0.25, 0.3) is 0 Å². The molecule has 1 N–H and O–H groups in total. The second kappa shape index (κ2) is 8.39. The van der Waals surface area contributed by atoms with Gasteiger partial charge in [-0.3, -0.25) is 4.98 Å². The Balaban J connectivity index is 1.88. The first kappa shape index (κ1) is 15.5. The van der Waals surface area contributed by atoms with Gasteiger partial charge in [0.1, 0.15) is 12.4 Å². The lowest BCUT2D eigenvalue weighted by Crippen LogP contribution is -2.12. The van der Waals surface area contributed by atoms with Gasteiger partial charge in [-0.2, -0.15) is 0 Å². The Morgan fingerprint density at radius 2 is 2.00 bits per heavy atom. The van der Waals surface area contributed by atoms with Crippen LogP contribution in [0.4, 0.5) is 0 Å². The first-order chi connectivity index (χ1) is 10.3. The summed E-state index contributed by atoms with van der Waals surface area (Å²) in [4.78, 5) is 4.42. The van der Waals surface area contributed by atoms with Gasteiger partial charge in [-0.1, -0.05) is 25.1 Å². The third-order valence-electron chi connectivity index (χ3n) is 3.06. The molecule has 4 nitrogen and oxygen atoms in total. The van der Waals surface area contributed by atoms with Crippen LogP contribution >= 0.6 is 0 Å². The Bertz CT molecular complexity index is 541. The second-order valence-electron chi connectivity index (χ2n) is 4.81. The highest BCUT2D eigenvalue weighted by Crippen LogP contribution is 2.15. The minimum atomic E-state index is 0.470. The van der Waals surface area contributed by atoms with Crippen molar-refractivity contribution in [3.8, 4) is 5.75 Å². The van der Waals surface area contributed by atoms with Gasteiger partial charge in [0.05, 0.1) is 12.3 Å². The topological polar surface area (TPSA) is 43.4 Å². The van der Waals surface area contributed by atoms with Crippen LogP contribution in [0.3, 0.4) is 0 Å². The number of benzene rings is 1. The summed E-state index contributed by atoms with van der Waals surface area (Å²) in [7, 11) is 1.69. The van der Waals surface area contributed by atoms with E-state index in [1.165, 1.54) is 5.56 Å². The molecule has 0 fully saturated rings. The predicted molar refractivity (Wildman–Crippen MR) is 83.1 cm³/mol. The minimum Gasteiger partial charge on any atom is -0.487 e. The fourth-order valence-corrected chi connectivity index (χ4v) is 1.96. The summed E-state index contributed by atoms with van der Waals surface area (Å²) in [6, 6.07) is 12.0. The zero-order valence-corrected chi connectivity index (χ0v) is 12.6. The van der Waals surface area contributed by atoms with Gasteiger partial charge in [0.15, 0.2) is 0 Å². The Labute approximate surface area is 126 Å². The van der Waals surface area contributed by atoms with Crippen molar-refractivity contribution >= 4 is 0 Å². The second-order valence-corrected chi connectivity index (χ2v) is 4.81. The van der Waals surface area contributed by atoms with Crippen molar-refractivity contribution in [3.63, 3.8) is 0 Å².